The van der Waals surface area contributed by atoms with Gasteiger partial charge in [-0.15, -0.1) is 0 Å². The van der Waals surface area contributed by atoms with E-state index in [-0.39, 0.29) is 15.5 Å². The van der Waals surface area contributed by atoms with Crippen LogP contribution in [0.4, 0.5) is 0 Å². The normalized spacial score (nSPS) is 16.7. The number of benzene rings is 2. The van der Waals surface area contributed by atoms with Crippen molar-refractivity contribution in [1.82, 2.24) is 0 Å². The van der Waals surface area contributed by atoms with Crippen molar-refractivity contribution in [2.24, 2.45) is 0 Å². The quantitative estimate of drug-likeness (QED) is 0.593. The number of hydrogen-bond donors (Lipinski definition) is 0. The Bertz CT molecular complexity index is 884. The van der Waals surface area contributed by atoms with Gasteiger partial charge in [0.25, 0.3) is 9.05 Å². The first-order chi connectivity index (χ1) is 8.31. The van der Waals surface area contributed by atoms with Crippen LogP contribution < -0.4 is 4.18 Å². The third-order valence-corrected chi connectivity index (χ3v) is 5.25. The maximum absolute atomic E-state index is 11.5. The van der Waals surface area contributed by atoms with E-state index in [0.717, 1.165) is 0 Å². The molecule has 0 fully saturated rings. The van der Waals surface area contributed by atoms with Gasteiger partial charge in [-0.3, -0.25) is 0 Å². The van der Waals surface area contributed by atoms with Crippen LogP contribution in [0.5, 0.6) is 5.75 Å². The third-order valence-electron chi connectivity index (χ3n) is 2.63. The second kappa shape index (κ2) is 3.37. The molecule has 1 aliphatic heterocycles. The first-order valence-corrected chi connectivity index (χ1v) is 8.47. The summed E-state index contributed by atoms with van der Waals surface area (Å²) >= 11 is 0. The summed E-state index contributed by atoms with van der Waals surface area (Å²) in [7, 11) is -2.68. The van der Waals surface area contributed by atoms with Crippen LogP contribution in [0, 0.1) is 0 Å². The van der Waals surface area contributed by atoms with E-state index in [1.807, 2.05) is 0 Å². The lowest BCUT2D eigenvalue weighted by Gasteiger charge is -2.23. The zero-order chi connectivity index (χ0) is 13.1. The molecule has 1 heterocycles. The zero-order valence-corrected chi connectivity index (χ0v) is 11.0. The second-order valence-electron chi connectivity index (χ2n) is 3.73. The zero-order valence-electron chi connectivity index (χ0n) is 8.62. The van der Waals surface area contributed by atoms with Gasteiger partial charge in [0, 0.05) is 16.1 Å². The van der Waals surface area contributed by atoms with Gasteiger partial charge in [-0.1, -0.05) is 24.3 Å². The maximum atomic E-state index is 11.5. The predicted molar refractivity (Wildman–Crippen MR) is 64.8 cm³/mol. The molecule has 0 aliphatic carbocycles. The van der Waals surface area contributed by atoms with Crippen LogP contribution in [0.3, 0.4) is 0 Å². The van der Waals surface area contributed by atoms with E-state index in [9.17, 15) is 16.8 Å². The summed E-state index contributed by atoms with van der Waals surface area (Å²) in [5, 5.41) is 0.894. The molecular weight excluding hydrogens is 300 g/mol. The summed E-state index contributed by atoms with van der Waals surface area (Å²) in [4.78, 5) is -0.451. The van der Waals surface area contributed by atoms with Crippen LogP contribution >= 0.6 is 10.7 Å². The van der Waals surface area contributed by atoms with Gasteiger partial charge in [-0.2, -0.15) is 8.42 Å². The molecule has 0 bridgehead atoms. The van der Waals surface area contributed by atoms with E-state index in [1.54, 1.807) is 24.3 Å². The van der Waals surface area contributed by atoms with E-state index < -0.39 is 19.2 Å². The number of rotatable bonds is 1. The molecule has 0 atom stereocenters. The first-order valence-electron chi connectivity index (χ1n) is 4.75. The monoisotopic (exact) mass is 304 g/mol. The number of hydrogen-bond acceptors (Lipinski definition) is 5. The van der Waals surface area contributed by atoms with Gasteiger partial charge < -0.3 is 4.18 Å². The smallest absolute Gasteiger partial charge is 0.343 e. The lowest BCUT2D eigenvalue weighted by atomic mass is 10.1. The van der Waals surface area contributed by atoms with E-state index in [1.165, 1.54) is 6.07 Å². The summed E-state index contributed by atoms with van der Waals surface area (Å²) in [5.41, 5.74) is 0. The molecule has 0 radical (unpaired) electrons. The van der Waals surface area contributed by atoms with Crippen LogP contribution in [-0.2, 0) is 19.2 Å². The van der Waals surface area contributed by atoms with Crippen LogP contribution in [0.2, 0.25) is 0 Å². The number of fused-ring (bicyclic) bond motifs is 3. The Hall–Kier alpha value is -1.31. The highest BCUT2D eigenvalue weighted by Gasteiger charge is 2.41. The summed E-state index contributed by atoms with van der Waals surface area (Å²) in [5.74, 6) is -0.205. The lowest BCUT2D eigenvalue weighted by Crippen LogP contribution is -2.23. The topological polar surface area (TPSA) is 77.5 Å². The Morgan fingerprint density at radius 1 is 1.17 bits per heavy atom. The van der Waals surface area contributed by atoms with Crippen LogP contribution in [0.15, 0.2) is 40.1 Å². The molecule has 0 aromatic heterocycles. The maximum Gasteiger partial charge on any atom is 0.343 e. The minimum atomic E-state index is -4.06. The first kappa shape index (κ1) is 11.8. The average molecular weight is 305 g/mol. The van der Waals surface area contributed by atoms with Crippen LogP contribution in [0.1, 0.15) is 0 Å². The van der Waals surface area contributed by atoms with Gasteiger partial charge in [0.1, 0.15) is 4.90 Å². The molecule has 0 N–H and O–H groups in total. The molecule has 3 rings (SSSR count). The molecule has 18 heavy (non-hydrogen) atoms. The molecule has 8 heteroatoms. The van der Waals surface area contributed by atoms with Crippen LogP contribution in [0.25, 0.3) is 10.8 Å². The molecule has 0 unspecified atom stereocenters. The molecule has 0 saturated heterocycles. The molecular formula is C10H5ClO5S2. The molecule has 2 aromatic carbocycles. The Balaban J connectivity index is 2.56. The molecule has 0 amide bonds. The lowest BCUT2D eigenvalue weighted by molar-refractivity contribution is 0.436. The summed E-state index contributed by atoms with van der Waals surface area (Å²) in [6, 6.07) is 7.82. The van der Waals surface area contributed by atoms with Gasteiger partial charge >= 0.3 is 10.1 Å². The van der Waals surface area contributed by atoms with E-state index in [0.29, 0.717) is 10.8 Å². The largest absolute Gasteiger partial charge is 0.376 e. The second-order valence-corrected chi connectivity index (χ2v) is 7.75. The van der Waals surface area contributed by atoms with E-state index >= 15 is 0 Å². The fourth-order valence-electron chi connectivity index (χ4n) is 1.90. The average Bonchev–Trinajstić information content (AvgIpc) is 2.24. The van der Waals surface area contributed by atoms with Gasteiger partial charge in [0.05, 0.1) is 0 Å². The van der Waals surface area contributed by atoms with Crippen molar-refractivity contribution in [3.8, 4) is 5.75 Å². The Kier molecular flexibility index (Phi) is 2.20. The van der Waals surface area contributed by atoms with Crippen molar-refractivity contribution < 1.29 is 21.0 Å². The molecule has 0 saturated carbocycles. The highest BCUT2D eigenvalue weighted by molar-refractivity contribution is 8.13. The van der Waals surface area contributed by atoms with Crippen molar-refractivity contribution in [1.29, 1.82) is 0 Å². The van der Waals surface area contributed by atoms with Crippen molar-refractivity contribution in [3.05, 3.63) is 30.3 Å². The van der Waals surface area contributed by atoms with E-state index in [4.69, 9.17) is 10.7 Å². The van der Waals surface area contributed by atoms with Gasteiger partial charge in [-0.25, -0.2) is 8.42 Å². The standard InChI is InChI=1S/C10H5ClO5S2/c11-17(12,13)8-5-6-3-1-2-4-7(6)10-9(8)16-18(10,14)15/h1-5H. The van der Waals surface area contributed by atoms with Gasteiger partial charge in [-0.05, 0) is 11.5 Å². The van der Waals surface area contributed by atoms with E-state index in [2.05, 4.69) is 4.18 Å². The molecule has 2 aromatic rings. The summed E-state index contributed by atoms with van der Waals surface area (Å²) in [6.45, 7) is 0. The Morgan fingerprint density at radius 2 is 1.83 bits per heavy atom. The fourth-order valence-corrected chi connectivity index (χ4v) is 4.18. The van der Waals surface area contributed by atoms with Gasteiger partial charge in [0.15, 0.2) is 10.6 Å². The minimum Gasteiger partial charge on any atom is -0.376 e. The SMILES string of the molecule is O=S(=O)(Cl)c1cc2ccccc2c2c1OS2(=O)=O. The summed E-state index contributed by atoms with van der Waals surface area (Å²) in [6.07, 6.45) is 0. The van der Waals surface area contributed by atoms with Crippen LogP contribution in [-0.4, -0.2) is 16.8 Å². The fraction of sp³-hybridized carbons (Fsp3) is 0. The molecule has 5 nitrogen and oxygen atoms in total. The van der Waals surface area contributed by atoms with Crippen molar-refractivity contribution in [3.63, 3.8) is 0 Å². The van der Waals surface area contributed by atoms with Crippen molar-refractivity contribution in [2.45, 2.75) is 9.79 Å². The highest BCUT2D eigenvalue weighted by Crippen LogP contribution is 2.47. The molecule has 1 aliphatic rings. The Labute approximate surface area is 107 Å². The number of halogens is 1. The van der Waals surface area contributed by atoms with Gasteiger partial charge in [0.2, 0.25) is 0 Å². The summed E-state index contributed by atoms with van der Waals surface area (Å²) < 4.78 is 50.4. The minimum absolute atomic E-state index is 0.125. The molecule has 94 valence electrons. The predicted octanol–water partition coefficient (Wildman–Crippen LogP) is 1.85. The molecule has 0 spiro atoms. The highest BCUT2D eigenvalue weighted by atomic mass is 35.7. The Morgan fingerprint density at radius 3 is 2.44 bits per heavy atom. The third kappa shape index (κ3) is 1.51. The van der Waals surface area contributed by atoms with Crippen molar-refractivity contribution >= 4 is 40.6 Å². The van der Waals surface area contributed by atoms with Crippen molar-refractivity contribution in [2.75, 3.05) is 0 Å².